The SMILES string of the molecule is O=C(NCc1ccccc1)c1c[nH]n2c(=O)cc(-c3cccc(F)c3F)nc12. The zero-order valence-corrected chi connectivity index (χ0v) is 14.4. The summed E-state index contributed by atoms with van der Waals surface area (Å²) in [5.41, 5.74) is 0.285. The number of halogens is 2. The van der Waals surface area contributed by atoms with E-state index in [2.05, 4.69) is 15.4 Å². The van der Waals surface area contributed by atoms with Crippen molar-refractivity contribution in [3.05, 3.63) is 93.9 Å². The largest absolute Gasteiger partial charge is 0.348 e. The number of hydrogen-bond donors (Lipinski definition) is 2. The van der Waals surface area contributed by atoms with E-state index in [-0.39, 0.29) is 22.5 Å². The number of nitrogens with zero attached hydrogens (tertiary/aromatic N) is 2. The molecule has 0 aliphatic carbocycles. The molecule has 6 nitrogen and oxygen atoms in total. The van der Waals surface area contributed by atoms with Gasteiger partial charge in [0.15, 0.2) is 17.3 Å². The molecule has 0 spiro atoms. The topological polar surface area (TPSA) is 79.3 Å². The van der Waals surface area contributed by atoms with Gasteiger partial charge in [0.1, 0.15) is 5.56 Å². The van der Waals surface area contributed by atoms with Crippen LogP contribution in [0.5, 0.6) is 0 Å². The van der Waals surface area contributed by atoms with Crippen molar-refractivity contribution in [2.75, 3.05) is 0 Å². The summed E-state index contributed by atoms with van der Waals surface area (Å²) in [6, 6.07) is 14.0. The minimum Gasteiger partial charge on any atom is -0.348 e. The molecule has 140 valence electrons. The molecule has 1 amide bonds. The summed E-state index contributed by atoms with van der Waals surface area (Å²) in [5.74, 6) is -2.61. The molecule has 0 aliphatic rings. The lowest BCUT2D eigenvalue weighted by Crippen LogP contribution is -2.23. The third-order valence-corrected chi connectivity index (χ3v) is 4.27. The molecular formula is C20H14F2N4O2. The molecule has 0 aliphatic heterocycles. The van der Waals surface area contributed by atoms with E-state index in [0.29, 0.717) is 6.54 Å². The lowest BCUT2D eigenvalue weighted by Gasteiger charge is -2.06. The average molecular weight is 380 g/mol. The van der Waals surface area contributed by atoms with E-state index in [0.717, 1.165) is 22.2 Å². The van der Waals surface area contributed by atoms with Crippen molar-refractivity contribution in [2.24, 2.45) is 0 Å². The van der Waals surface area contributed by atoms with Gasteiger partial charge in [0.2, 0.25) is 0 Å². The number of carbonyl (C=O) groups excluding carboxylic acids is 1. The summed E-state index contributed by atoms with van der Waals surface area (Å²) in [6.07, 6.45) is 1.34. The molecule has 2 N–H and O–H groups in total. The monoisotopic (exact) mass is 380 g/mol. The number of fused-ring (bicyclic) bond motifs is 1. The van der Waals surface area contributed by atoms with Crippen molar-refractivity contribution in [1.29, 1.82) is 0 Å². The highest BCUT2D eigenvalue weighted by atomic mass is 19.2. The maximum absolute atomic E-state index is 14.1. The molecule has 4 aromatic rings. The predicted octanol–water partition coefficient (Wildman–Crippen LogP) is 2.90. The predicted molar refractivity (Wildman–Crippen MR) is 98.8 cm³/mol. The standard InChI is InChI=1S/C20H14F2N4O2/c21-15-8-4-7-13(18(15)22)16-9-17(27)26-19(25-16)14(11-24-26)20(28)23-10-12-5-2-1-3-6-12/h1-9,11,24H,10H2,(H,23,28). The molecule has 0 fully saturated rings. The molecule has 2 heterocycles. The summed E-state index contributed by atoms with van der Waals surface area (Å²) in [5, 5.41) is 5.40. The van der Waals surface area contributed by atoms with Gasteiger partial charge in [-0.15, -0.1) is 0 Å². The molecule has 0 atom stereocenters. The van der Waals surface area contributed by atoms with E-state index in [1.54, 1.807) is 0 Å². The smallest absolute Gasteiger partial charge is 0.273 e. The molecule has 28 heavy (non-hydrogen) atoms. The highest BCUT2D eigenvalue weighted by molar-refractivity contribution is 5.99. The average Bonchev–Trinajstić information content (AvgIpc) is 3.14. The Balaban J connectivity index is 1.72. The minimum absolute atomic E-state index is 0.0247. The Labute approximate surface area is 157 Å². The van der Waals surface area contributed by atoms with Crippen LogP contribution in [0.4, 0.5) is 8.78 Å². The van der Waals surface area contributed by atoms with E-state index in [9.17, 15) is 18.4 Å². The van der Waals surface area contributed by atoms with Gasteiger partial charge in [0.05, 0.1) is 5.69 Å². The van der Waals surface area contributed by atoms with Crippen LogP contribution in [0, 0.1) is 11.6 Å². The number of aromatic amines is 1. The molecule has 0 saturated heterocycles. The Hall–Kier alpha value is -3.81. The van der Waals surface area contributed by atoms with Crippen LogP contribution in [0.15, 0.2) is 65.6 Å². The van der Waals surface area contributed by atoms with Crippen molar-refractivity contribution in [3.8, 4) is 11.3 Å². The van der Waals surface area contributed by atoms with Crippen molar-refractivity contribution >= 4 is 11.6 Å². The number of benzene rings is 2. The van der Waals surface area contributed by atoms with Gasteiger partial charge in [-0.3, -0.25) is 14.7 Å². The fraction of sp³-hybridized carbons (Fsp3) is 0.0500. The second-order valence-corrected chi connectivity index (χ2v) is 6.10. The maximum atomic E-state index is 14.1. The summed E-state index contributed by atoms with van der Waals surface area (Å²) >= 11 is 0. The summed E-state index contributed by atoms with van der Waals surface area (Å²) in [6.45, 7) is 0.291. The third kappa shape index (κ3) is 3.16. The second kappa shape index (κ2) is 7.07. The van der Waals surface area contributed by atoms with Gasteiger partial charge in [-0.1, -0.05) is 36.4 Å². The van der Waals surface area contributed by atoms with Gasteiger partial charge in [-0.05, 0) is 17.7 Å². The van der Waals surface area contributed by atoms with Crippen LogP contribution < -0.4 is 10.9 Å². The second-order valence-electron chi connectivity index (χ2n) is 6.10. The molecule has 0 unspecified atom stereocenters. The van der Waals surface area contributed by atoms with Gasteiger partial charge in [0, 0.05) is 24.4 Å². The van der Waals surface area contributed by atoms with Crippen molar-refractivity contribution in [2.45, 2.75) is 6.54 Å². The molecule has 0 bridgehead atoms. The zero-order valence-electron chi connectivity index (χ0n) is 14.4. The van der Waals surface area contributed by atoms with E-state index in [4.69, 9.17) is 0 Å². The normalized spacial score (nSPS) is 10.9. The Kier molecular flexibility index (Phi) is 4.44. The summed E-state index contributed by atoms with van der Waals surface area (Å²) < 4.78 is 28.7. The number of carbonyl (C=O) groups is 1. The van der Waals surface area contributed by atoms with Crippen LogP contribution in [-0.2, 0) is 6.54 Å². The van der Waals surface area contributed by atoms with Crippen LogP contribution in [0.3, 0.4) is 0 Å². The fourth-order valence-electron chi connectivity index (χ4n) is 2.86. The number of amides is 1. The number of rotatable bonds is 4. The first-order valence-electron chi connectivity index (χ1n) is 8.42. The number of H-pyrrole nitrogens is 1. The molecule has 2 aromatic carbocycles. The fourth-order valence-corrected chi connectivity index (χ4v) is 2.86. The molecule has 2 aromatic heterocycles. The highest BCUT2D eigenvalue weighted by Crippen LogP contribution is 2.22. The molecule has 0 saturated carbocycles. The van der Waals surface area contributed by atoms with E-state index < -0.39 is 23.1 Å². The quantitative estimate of drug-likeness (QED) is 0.571. The Morgan fingerprint density at radius 3 is 2.68 bits per heavy atom. The van der Waals surface area contributed by atoms with Gasteiger partial charge in [-0.2, -0.15) is 0 Å². The highest BCUT2D eigenvalue weighted by Gasteiger charge is 2.18. The molecule has 0 radical (unpaired) electrons. The number of nitrogens with one attached hydrogen (secondary N) is 2. The van der Waals surface area contributed by atoms with Gasteiger partial charge in [0.25, 0.3) is 11.5 Å². The summed E-state index contributed by atoms with van der Waals surface area (Å²) in [7, 11) is 0. The Morgan fingerprint density at radius 1 is 1.11 bits per heavy atom. The maximum Gasteiger partial charge on any atom is 0.273 e. The van der Waals surface area contributed by atoms with Crippen LogP contribution in [0.2, 0.25) is 0 Å². The van der Waals surface area contributed by atoms with Gasteiger partial charge in [-0.25, -0.2) is 18.3 Å². The zero-order chi connectivity index (χ0) is 19.7. The molecule has 4 rings (SSSR count). The molecular weight excluding hydrogens is 366 g/mol. The lowest BCUT2D eigenvalue weighted by atomic mass is 10.1. The Morgan fingerprint density at radius 2 is 1.89 bits per heavy atom. The van der Waals surface area contributed by atoms with Crippen molar-refractivity contribution in [3.63, 3.8) is 0 Å². The first kappa shape index (κ1) is 17.6. The van der Waals surface area contributed by atoms with Crippen molar-refractivity contribution in [1.82, 2.24) is 19.9 Å². The summed E-state index contributed by atoms with van der Waals surface area (Å²) in [4.78, 5) is 29.1. The lowest BCUT2D eigenvalue weighted by molar-refractivity contribution is 0.0952. The third-order valence-electron chi connectivity index (χ3n) is 4.27. The van der Waals surface area contributed by atoms with E-state index >= 15 is 0 Å². The Bertz CT molecular complexity index is 1230. The van der Waals surface area contributed by atoms with Gasteiger partial charge >= 0.3 is 0 Å². The van der Waals surface area contributed by atoms with Crippen LogP contribution in [0.25, 0.3) is 16.9 Å². The van der Waals surface area contributed by atoms with E-state index in [1.165, 1.54) is 18.3 Å². The van der Waals surface area contributed by atoms with Crippen molar-refractivity contribution < 1.29 is 13.6 Å². The van der Waals surface area contributed by atoms with Crippen LogP contribution in [-0.4, -0.2) is 20.5 Å². The van der Waals surface area contributed by atoms with Crippen LogP contribution >= 0.6 is 0 Å². The minimum atomic E-state index is -1.11. The van der Waals surface area contributed by atoms with Gasteiger partial charge < -0.3 is 5.32 Å². The number of hydrogen-bond acceptors (Lipinski definition) is 3. The number of aromatic nitrogens is 3. The first-order valence-corrected chi connectivity index (χ1v) is 8.42. The van der Waals surface area contributed by atoms with E-state index in [1.807, 2.05) is 30.3 Å². The molecule has 8 heteroatoms. The van der Waals surface area contributed by atoms with Crippen LogP contribution in [0.1, 0.15) is 15.9 Å². The first-order chi connectivity index (χ1) is 13.5.